The van der Waals surface area contributed by atoms with Gasteiger partial charge in [-0.15, -0.1) is 0 Å². The largest absolute Gasteiger partial charge is 0.309 e. The third kappa shape index (κ3) is 3.22. The molecule has 3 N–H and O–H groups in total. The van der Waals surface area contributed by atoms with E-state index in [2.05, 4.69) is 16.0 Å². The summed E-state index contributed by atoms with van der Waals surface area (Å²) in [5, 5.41) is 8.65. The van der Waals surface area contributed by atoms with E-state index < -0.39 is 0 Å². The van der Waals surface area contributed by atoms with Crippen LogP contribution in [0.1, 0.15) is 0 Å². The van der Waals surface area contributed by atoms with Gasteiger partial charge in [-0.1, -0.05) is 0 Å². The molecular formula is C8H15N3O2. The SMILES string of the molecule is CNC1CNCC(=O)CNCC1=O. The Morgan fingerprint density at radius 1 is 1.23 bits per heavy atom. The molecule has 1 atom stereocenters. The van der Waals surface area contributed by atoms with Gasteiger partial charge in [-0.3, -0.25) is 9.59 Å². The van der Waals surface area contributed by atoms with Gasteiger partial charge in [-0.2, -0.15) is 0 Å². The van der Waals surface area contributed by atoms with Crippen LogP contribution in [0.15, 0.2) is 0 Å². The second-order valence-corrected chi connectivity index (χ2v) is 3.08. The van der Waals surface area contributed by atoms with Gasteiger partial charge in [0.15, 0.2) is 11.6 Å². The lowest BCUT2D eigenvalue weighted by Gasteiger charge is -2.13. The Hall–Kier alpha value is -0.780. The molecule has 0 radical (unpaired) electrons. The van der Waals surface area contributed by atoms with E-state index in [1.165, 1.54) is 0 Å². The first-order valence-corrected chi connectivity index (χ1v) is 4.37. The molecule has 5 heteroatoms. The average molecular weight is 185 g/mol. The fourth-order valence-corrected chi connectivity index (χ4v) is 1.24. The summed E-state index contributed by atoms with van der Waals surface area (Å²) in [5.74, 6) is 0.175. The monoisotopic (exact) mass is 185 g/mol. The number of Topliss-reactive ketones (excluding diaryl/α,β-unsaturated/α-hetero) is 2. The Balaban J connectivity index is 2.50. The van der Waals surface area contributed by atoms with E-state index in [1.807, 2.05) is 0 Å². The number of carbonyl (C=O) groups is 2. The normalized spacial score (nSPS) is 26.4. The third-order valence-corrected chi connectivity index (χ3v) is 2.03. The molecule has 0 saturated carbocycles. The molecule has 74 valence electrons. The second kappa shape index (κ2) is 5.06. The van der Waals surface area contributed by atoms with Crippen molar-refractivity contribution in [1.82, 2.24) is 16.0 Å². The first-order valence-electron chi connectivity index (χ1n) is 4.37. The summed E-state index contributed by atoms with van der Waals surface area (Å²) in [7, 11) is 1.74. The molecule has 0 aromatic rings. The van der Waals surface area contributed by atoms with E-state index in [9.17, 15) is 9.59 Å². The third-order valence-electron chi connectivity index (χ3n) is 2.03. The quantitative estimate of drug-likeness (QED) is 0.437. The summed E-state index contributed by atoms with van der Waals surface area (Å²) in [6, 6.07) is -0.196. The van der Waals surface area contributed by atoms with Crippen molar-refractivity contribution in [2.75, 3.05) is 33.2 Å². The molecule has 0 bridgehead atoms. The molecule has 1 saturated heterocycles. The van der Waals surface area contributed by atoms with Gasteiger partial charge in [0.1, 0.15) is 0 Å². The summed E-state index contributed by atoms with van der Waals surface area (Å²) < 4.78 is 0. The second-order valence-electron chi connectivity index (χ2n) is 3.08. The van der Waals surface area contributed by atoms with Crippen molar-refractivity contribution < 1.29 is 9.59 Å². The van der Waals surface area contributed by atoms with E-state index in [4.69, 9.17) is 0 Å². The lowest BCUT2D eigenvalue weighted by Crippen LogP contribution is -2.45. The molecule has 1 fully saturated rings. The van der Waals surface area contributed by atoms with Gasteiger partial charge in [0, 0.05) is 6.54 Å². The number of carbonyl (C=O) groups excluding carboxylic acids is 2. The number of likely N-dealkylation sites (N-methyl/N-ethyl adjacent to an activating group) is 1. The fourth-order valence-electron chi connectivity index (χ4n) is 1.24. The summed E-state index contributed by atoms with van der Waals surface area (Å²) in [4.78, 5) is 22.4. The Bertz CT molecular complexity index is 206. The summed E-state index contributed by atoms with van der Waals surface area (Å²) in [5.41, 5.74) is 0. The molecule has 13 heavy (non-hydrogen) atoms. The van der Waals surface area contributed by atoms with Crippen molar-refractivity contribution in [3.05, 3.63) is 0 Å². The molecule has 0 aromatic carbocycles. The van der Waals surface area contributed by atoms with Crippen molar-refractivity contribution in [2.24, 2.45) is 0 Å². The van der Waals surface area contributed by atoms with Crippen LogP contribution in [0.2, 0.25) is 0 Å². The van der Waals surface area contributed by atoms with E-state index >= 15 is 0 Å². The van der Waals surface area contributed by atoms with Gasteiger partial charge in [0.05, 0.1) is 25.7 Å². The van der Waals surface area contributed by atoms with E-state index in [0.29, 0.717) is 13.1 Å². The first kappa shape index (κ1) is 10.3. The molecule has 5 nitrogen and oxygen atoms in total. The molecule has 0 spiro atoms. The number of hydrogen-bond donors (Lipinski definition) is 3. The molecule has 0 aliphatic carbocycles. The predicted octanol–water partition coefficient (Wildman–Crippen LogP) is -2.09. The van der Waals surface area contributed by atoms with Gasteiger partial charge in [0.2, 0.25) is 0 Å². The summed E-state index contributed by atoms with van der Waals surface area (Å²) in [6.07, 6.45) is 0. The van der Waals surface area contributed by atoms with Gasteiger partial charge in [0.25, 0.3) is 0 Å². The van der Waals surface area contributed by atoms with Crippen molar-refractivity contribution in [1.29, 1.82) is 0 Å². The van der Waals surface area contributed by atoms with Gasteiger partial charge >= 0.3 is 0 Å². The van der Waals surface area contributed by atoms with Crippen molar-refractivity contribution in [3.63, 3.8) is 0 Å². The fraction of sp³-hybridized carbons (Fsp3) is 0.750. The van der Waals surface area contributed by atoms with E-state index in [0.717, 1.165) is 0 Å². The molecule has 1 rings (SSSR count). The van der Waals surface area contributed by atoms with Crippen LogP contribution in [0.4, 0.5) is 0 Å². The van der Waals surface area contributed by atoms with E-state index in [1.54, 1.807) is 7.05 Å². The van der Waals surface area contributed by atoms with Crippen molar-refractivity contribution >= 4 is 11.6 Å². The molecular weight excluding hydrogens is 170 g/mol. The van der Waals surface area contributed by atoms with Crippen LogP contribution in [-0.2, 0) is 9.59 Å². The molecule has 1 unspecified atom stereocenters. The van der Waals surface area contributed by atoms with Crippen LogP contribution < -0.4 is 16.0 Å². The van der Waals surface area contributed by atoms with Crippen LogP contribution in [0.5, 0.6) is 0 Å². The average Bonchev–Trinajstić information content (AvgIpc) is 2.18. The maximum absolute atomic E-state index is 11.4. The predicted molar refractivity (Wildman–Crippen MR) is 48.6 cm³/mol. The highest BCUT2D eigenvalue weighted by atomic mass is 16.1. The highest BCUT2D eigenvalue weighted by molar-refractivity contribution is 5.88. The Kier molecular flexibility index (Phi) is 4.01. The number of hydrogen-bond acceptors (Lipinski definition) is 5. The number of ketones is 2. The maximum atomic E-state index is 11.4. The standard InChI is InChI=1S/C8H15N3O2/c1-9-7-4-10-2-6(12)3-11-5-8(7)13/h7,9-11H,2-5H2,1H3. The highest BCUT2D eigenvalue weighted by Gasteiger charge is 2.17. The maximum Gasteiger partial charge on any atom is 0.164 e. The Labute approximate surface area is 77.3 Å². The summed E-state index contributed by atoms with van der Waals surface area (Å²) in [6.45, 7) is 1.38. The zero-order valence-corrected chi connectivity index (χ0v) is 7.72. The molecule has 1 aliphatic rings. The Morgan fingerprint density at radius 2 is 1.92 bits per heavy atom. The minimum absolute atomic E-state index is 0.0875. The number of nitrogens with one attached hydrogen (secondary N) is 3. The minimum Gasteiger partial charge on any atom is -0.309 e. The molecule has 0 aromatic heterocycles. The summed E-state index contributed by atoms with van der Waals surface area (Å²) >= 11 is 0. The van der Waals surface area contributed by atoms with Gasteiger partial charge in [-0.25, -0.2) is 0 Å². The van der Waals surface area contributed by atoms with Crippen LogP contribution >= 0.6 is 0 Å². The van der Waals surface area contributed by atoms with E-state index in [-0.39, 0.29) is 30.7 Å². The lowest BCUT2D eigenvalue weighted by molar-refractivity contribution is -0.119. The topological polar surface area (TPSA) is 70.2 Å². The minimum atomic E-state index is -0.196. The van der Waals surface area contributed by atoms with Crippen LogP contribution in [-0.4, -0.2) is 50.8 Å². The zero-order chi connectivity index (χ0) is 9.68. The number of rotatable bonds is 1. The van der Waals surface area contributed by atoms with Gasteiger partial charge in [-0.05, 0) is 7.05 Å². The molecule has 1 heterocycles. The van der Waals surface area contributed by atoms with Gasteiger partial charge < -0.3 is 16.0 Å². The van der Waals surface area contributed by atoms with Crippen LogP contribution in [0.25, 0.3) is 0 Å². The van der Waals surface area contributed by atoms with Crippen molar-refractivity contribution in [3.8, 4) is 0 Å². The molecule has 1 aliphatic heterocycles. The van der Waals surface area contributed by atoms with Crippen LogP contribution in [0, 0.1) is 0 Å². The zero-order valence-electron chi connectivity index (χ0n) is 7.72. The first-order chi connectivity index (χ1) is 6.24. The smallest absolute Gasteiger partial charge is 0.164 e. The Morgan fingerprint density at radius 3 is 2.62 bits per heavy atom. The van der Waals surface area contributed by atoms with Crippen LogP contribution in [0.3, 0.4) is 0 Å². The van der Waals surface area contributed by atoms with Crippen molar-refractivity contribution in [2.45, 2.75) is 6.04 Å². The molecule has 0 amide bonds. The highest BCUT2D eigenvalue weighted by Crippen LogP contribution is 1.86. The lowest BCUT2D eigenvalue weighted by atomic mass is 10.2.